The number of piperazine rings is 1. The van der Waals surface area contributed by atoms with Gasteiger partial charge < -0.3 is 10.6 Å². The molecule has 1 unspecified atom stereocenters. The molecule has 1 heterocycles. The summed E-state index contributed by atoms with van der Waals surface area (Å²) in [6.45, 7) is 5.07. The highest BCUT2D eigenvalue weighted by atomic mass is 19.3. The lowest BCUT2D eigenvalue weighted by molar-refractivity contribution is -0.127. The first-order chi connectivity index (χ1) is 10.1. The van der Waals surface area contributed by atoms with Crippen molar-refractivity contribution in [2.75, 3.05) is 26.2 Å². The van der Waals surface area contributed by atoms with E-state index in [1.54, 1.807) is 6.07 Å². The molecule has 0 aliphatic carbocycles. The Labute approximate surface area is 123 Å². The number of carbonyl (C=O) groups is 1. The smallest absolute Gasteiger partial charge is 0.263 e. The van der Waals surface area contributed by atoms with Crippen LogP contribution < -0.4 is 10.6 Å². The predicted molar refractivity (Wildman–Crippen MR) is 77.2 cm³/mol. The molecule has 1 aliphatic rings. The summed E-state index contributed by atoms with van der Waals surface area (Å²) in [6, 6.07) is 6.14. The molecule has 1 atom stereocenters. The fraction of sp³-hybridized carbons (Fsp3) is 0.533. The van der Waals surface area contributed by atoms with E-state index in [2.05, 4.69) is 10.6 Å². The molecule has 6 heteroatoms. The van der Waals surface area contributed by atoms with Crippen LogP contribution in [0.5, 0.6) is 0 Å². The minimum atomic E-state index is -2.47. The number of likely N-dealkylation sites (N-methyl/N-ethyl adjacent to an activating group) is 1. The van der Waals surface area contributed by atoms with E-state index in [0.717, 1.165) is 18.7 Å². The van der Waals surface area contributed by atoms with Gasteiger partial charge in [-0.25, -0.2) is 8.78 Å². The molecule has 2 rings (SSSR count). The highest BCUT2D eigenvalue weighted by Gasteiger charge is 2.28. The van der Waals surface area contributed by atoms with Crippen molar-refractivity contribution >= 4 is 5.91 Å². The van der Waals surface area contributed by atoms with Crippen molar-refractivity contribution in [2.45, 2.75) is 25.9 Å². The van der Waals surface area contributed by atoms with E-state index in [1.165, 1.54) is 12.1 Å². The molecule has 0 bridgehead atoms. The van der Waals surface area contributed by atoms with Crippen molar-refractivity contribution in [1.29, 1.82) is 0 Å². The van der Waals surface area contributed by atoms with Crippen molar-refractivity contribution in [2.24, 2.45) is 0 Å². The summed E-state index contributed by atoms with van der Waals surface area (Å²) in [5, 5.41) is 6.02. The maximum atomic E-state index is 12.7. The van der Waals surface area contributed by atoms with Gasteiger partial charge in [0.05, 0.1) is 0 Å². The van der Waals surface area contributed by atoms with Crippen LogP contribution in [0.4, 0.5) is 8.78 Å². The lowest BCUT2D eigenvalue weighted by Gasteiger charge is -2.35. The van der Waals surface area contributed by atoms with E-state index in [4.69, 9.17) is 0 Å². The van der Waals surface area contributed by atoms with Crippen LogP contribution in [0.3, 0.4) is 0 Å². The molecule has 0 spiro atoms. The molecule has 1 saturated heterocycles. The van der Waals surface area contributed by atoms with Gasteiger partial charge in [-0.2, -0.15) is 0 Å². The van der Waals surface area contributed by atoms with Gasteiger partial charge in [0.2, 0.25) is 5.91 Å². The number of rotatable bonds is 5. The van der Waals surface area contributed by atoms with E-state index in [0.29, 0.717) is 19.6 Å². The average molecular weight is 297 g/mol. The largest absolute Gasteiger partial charge is 0.355 e. The molecule has 21 heavy (non-hydrogen) atoms. The van der Waals surface area contributed by atoms with E-state index >= 15 is 0 Å². The van der Waals surface area contributed by atoms with Crippen LogP contribution in [0, 0.1) is 0 Å². The fourth-order valence-corrected chi connectivity index (χ4v) is 2.55. The molecule has 0 aromatic heterocycles. The highest BCUT2D eigenvalue weighted by Crippen LogP contribution is 2.20. The normalized spacial score (nSPS) is 19.7. The van der Waals surface area contributed by atoms with Crippen molar-refractivity contribution in [3.63, 3.8) is 0 Å². The van der Waals surface area contributed by atoms with E-state index in [1.807, 2.05) is 17.9 Å². The van der Waals surface area contributed by atoms with Gasteiger partial charge in [0.1, 0.15) is 6.04 Å². The lowest BCUT2D eigenvalue weighted by atomic mass is 10.1. The van der Waals surface area contributed by atoms with Crippen LogP contribution in [-0.4, -0.2) is 43.0 Å². The molecule has 1 aliphatic heterocycles. The molecule has 1 amide bonds. The second kappa shape index (κ2) is 7.47. The molecule has 1 aromatic rings. The summed E-state index contributed by atoms with van der Waals surface area (Å²) < 4.78 is 25.5. The van der Waals surface area contributed by atoms with Crippen molar-refractivity contribution in [1.82, 2.24) is 15.5 Å². The Bertz CT molecular complexity index is 482. The number of nitrogens with zero attached hydrogens (tertiary/aromatic N) is 1. The van der Waals surface area contributed by atoms with E-state index in [9.17, 15) is 13.6 Å². The molecule has 116 valence electrons. The first-order valence-electron chi connectivity index (χ1n) is 7.21. The van der Waals surface area contributed by atoms with Gasteiger partial charge in [-0.1, -0.05) is 18.2 Å². The first kappa shape index (κ1) is 15.9. The van der Waals surface area contributed by atoms with E-state index < -0.39 is 6.43 Å². The van der Waals surface area contributed by atoms with Gasteiger partial charge in [-0.15, -0.1) is 0 Å². The molecule has 4 nitrogen and oxygen atoms in total. The Hall–Kier alpha value is -1.53. The molecule has 0 radical (unpaired) electrons. The molecule has 2 N–H and O–H groups in total. The zero-order chi connectivity index (χ0) is 15.2. The summed E-state index contributed by atoms with van der Waals surface area (Å²) in [5.74, 6) is -0.0188. The van der Waals surface area contributed by atoms with Gasteiger partial charge in [0.15, 0.2) is 0 Å². The Morgan fingerprint density at radius 2 is 2.33 bits per heavy atom. The van der Waals surface area contributed by atoms with Crippen LogP contribution in [0.15, 0.2) is 24.3 Å². The van der Waals surface area contributed by atoms with Crippen molar-refractivity contribution < 1.29 is 13.6 Å². The quantitative estimate of drug-likeness (QED) is 0.866. The number of benzene rings is 1. The number of nitrogens with one attached hydrogen (secondary N) is 2. The third-order valence-electron chi connectivity index (χ3n) is 3.60. The van der Waals surface area contributed by atoms with Gasteiger partial charge in [-0.3, -0.25) is 9.69 Å². The average Bonchev–Trinajstić information content (AvgIpc) is 2.48. The van der Waals surface area contributed by atoms with E-state index in [-0.39, 0.29) is 17.5 Å². The standard InChI is InChI=1S/C15H21F2N3O/c1-2-19-15(21)13-9-18-6-7-20(13)10-11-4-3-5-12(8-11)14(16)17/h3-5,8,13-14,18H,2,6-7,9-10H2,1H3,(H,19,21). The number of alkyl halides is 2. The Kier molecular flexibility index (Phi) is 5.64. The van der Waals surface area contributed by atoms with Gasteiger partial charge in [-0.05, 0) is 18.6 Å². The van der Waals surface area contributed by atoms with Crippen LogP contribution in [-0.2, 0) is 11.3 Å². The Balaban J connectivity index is 2.08. The SMILES string of the molecule is CCNC(=O)C1CNCCN1Cc1cccc(C(F)F)c1. The van der Waals surface area contributed by atoms with Crippen LogP contribution >= 0.6 is 0 Å². The summed E-state index contributed by atoms with van der Waals surface area (Å²) >= 11 is 0. The highest BCUT2D eigenvalue weighted by molar-refractivity contribution is 5.82. The monoisotopic (exact) mass is 297 g/mol. The number of amides is 1. The maximum absolute atomic E-state index is 12.7. The van der Waals surface area contributed by atoms with Crippen LogP contribution in [0.2, 0.25) is 0 Å². The zero-order valence-corrected chi connectivity index (χ0v) is 12.1. The van der Waals surface area contributed by atoms with Crippen LogP contribution in [0.1, 0.15) is 24.5 Å². The minimum Gasteiger partial charge on any atom is -0.355 e. The summed E-state index contributed by atoms with van der Waals surface area (Å²) in [5.41, 5.74) is 0.834. The summed E-state index contributed by atoms with van der Waals surface area (Å²) in [7, 11) is 0. The number of hydrogen-bond donors (Lipinski definition) is 2. The maximum Gasteiger partial charge on any atom is 0.263 e. The van der Waals surface area contributed by atoms with Crippen LogP contribution in [0.25, 0.3) is 0 Å². The first-order valence-corrected chi connectivity index (χ1v) is 7.21. The van der Waals surface area contributed by atoms with Crippen molar-refractivity contribution in [3.05, 3.63) is 35.4 Å². The summed E-state index contributed by atoms with van der Waals surface area (Å²) in [4.78, 5) is 14.1. The predicted octanol–water partition coefficient (Wildman–Crippen LogP) is 1.53. The number of carbonyl (C=O) groups excluding carboxylic acids is 1. The minimum absolute atomic E-state index is 0.0188. The second-order valence-corrected chi connectivity index (χ2v) is 5.13. The third kappa shape index (κ3) is 4.22. The van der Waals surface area contributed by atoms with Gasteiger partial charge in [0.25, 0.3) is 6.43 Å². The molecular formula is C15H21F2N3O. The topological polar surface area (TPSA) is 44.4 Å². The number of hydrogen-bond acceptors (Lipinski definition) is 3. The molecule has 1 aromatic carbocycles. The molecule has 0 saturated carbocycles. The second-order valence-electron chi connectivity index (χ2n) is 5.13. The third-order valence-corrected chi connectivity index (χ3v) is 3.60. The lowest BCUT2D eigenvalue weighted by Crippen LogP contribution is -2.57. The Morgan fingerprint density at radius 1 is 1.52 bits per heavy atom. The zero-order valence-electron chi connectivity index (χ0n) is 12.1. The number of halogens is 2. The van der Waals surface area contributed by atoms with Gasteiger partial charge in [0, 0.05) is 38.3 Å². The Morgan fingerprint density at radius 3 is 3.05 bits per heavy atom. The van der Waals surface area contributed by atoms with Gasteiger partial charge >= 0.3 is 0 Å². The molecular weight excluding hydrogens is 276 g/mol. The molecule has 1 fully saturated rings. The van der Waals surface area contributed by atoms with Crippen molar-refractivity contribution in [3.8, 4) is 0 Å². The summed E-state index contributed by atoms with van der Waals surface area (Å²) in [6.07, 6.45) is -2.47. The fourth-order valence-electron chi connectivity index (χ4n) is 2.55.